The highest BCUT2D eigenvalue weighted by atomic mass is 16.3. The molecule has 5 nitrogen and oxygen atoms in total. The zero-order valence-corrected chi connectivity index (χ0v) is 11.2. The van der Waals surface area contributed by atoms with Gasteiger partial charge in [0, 0.05) is 20.1 Å². The second-order valence-corrected chi connectivity index (χ2v) is 5.85. The van der Waals surface area contributed by atoms with Crippen LogP contribution < -0.4 is 0 Å². The number of nitrogens with zero attached hydrogens (tertiary/aromatic N) is 2. The van der Waals surface area contributed by atoms with Crippen molar-refractivity contribution in [3.63, 3.8) is 0 Å². The van der Waals surface area contributed by atoms with Gasteiger partial charge in [-0.2, -0.15) is 0 Å². The molecule has 1 aromatic rings. The molecule has 0 aromatic carbocycles. The predicted molar refractivity (Wildman–Crippen MR) is 69.3 cm³/mol. The summed E-state index contributed by atoms with van der Waals surface area (Å²) in [5, 5.41) is 10.2. The molecular formula is C14H20N2O3. The van der Waals surface area contributed by atoms with Crippen LogP contribution in [0, 0.1) is 5.92 Å². The van der Waals surface area contributed by atoms with Crippen molar-refractivity contribution in [1.82, 2.24) is 9.80 Å². The molecule has 0 radical (unpaired) electrons. The van der Waals surface area contributed by atoms with Gasteiger partial charge in [0.25, 0.3) is 0 Å². The normalized spacial score (nSPS) is 22.0. The number of likely N-dealkylation sites (tertiary alicyclic amines) is 1. The average Bonchev–Trinajstić information content (AvgIpc) is 3.07. The number of hydrogen-bond donors (Lipinski definition) is 1. The zero-order valence-electron chi connectivity index (χ0n) is 11.2. The molecule has 2 heterocycles. The summed E-state index contributed by atoms with van der Waals surface area (Å²) in [6.45, 7) is 2.15. The first-order chi connectivity index (χ1) is 9.07. The lowest BCUT2D eigenvalue weighted by Gasteiger charge is -2.47. The van der Waals surface area contributed by atoms with Gasteiger partial charge in [-0.05, 0) is 30.9 Å². The van der Waals surface area contributed by atoms with E-state index >= 15 is 0 Å². The summed E-state index contributed by atoms with van der Waals surface area (Å²) in [6.07, 6.45) is 3.88. The van der Waals surface area contributed by atoms with Crippen molar-refractivity contribution in [2.24, 2.45) is 5.92 Å². The largest absolute Gasteiger partial charge is 0.467 e. The average molecular weight is 264 g/mol. The summed E-state index contributed by atoms with van der Waals surface area (Å²) in [5.41, 5.74) is -0.514. The summed E-state index contributed by atoms with van der Waals surface area (Å²) in [5.74, 6) is 1.32. The minimum atomic E-state index is -0.514. The van der Waals surface area contributed by atoms with Gasteiger partial charge >= 0.3 is 0 Å². The molecule has 1 aliphatic heterocycles. The highest BCUT2D eigenvalue weighted by Gasteiger charge is 2.52. The van der Waals surface area contributed by atoms with Crippen LogP contribution >= 0.6 is 0 Å². The molecular weight excluding hydrogens is 244 g/mol. The molecule has 1 aromatic heterocycles. The van der Waals surface area contributed by atoms with Crippen molar-refractivity contribution < 1.29 is 14.3 Å². The number of rotatable bonds is 5. The van der Waals surface area contributed by atoms with Gasteiger partial charge in [-0.1, -0.05) is 0 Å². The van der Waals surface area contributed by atoms with E-state index < -0.39 is 5.60 Å². The molecule has 0 spiro atoms. The smallest absolute Gasteiger partial charge is 0.236 e. The molecule has 0 bridgehead atoms. The van der Waals surface area contributed by atoms with Crippen LogP contribution in [0.25, 0.3) is 0 Å². The number of carbonyl (C=O) groups excluding carboxylic acids is 1. The number of aliphatic hydroxyl groups is 1. The number of amides is 1. The van der Waals surface area contributed by atoms with Crippen LogP contribution in [0.5, 0.6) is 0 Å². The van der Waals surface area contributed by atoms with E-state index in [1.807, 2.05) is 17.0 Å². The SMILES string of the molecule is CN(Cc1ccco1)C(=O)CN1CC(O)(C2CC2)C1. The predicted octanol–water partition coefficient (Wildman–Crippen LogP) is 0.695. The van der Waals surface area contributed by atoms with Gasteiger partial charge in [-0.15, -0.1) is 0 Å². The summed E-state index contributed by atoms with van der Waals surface area (Å²) in [7, 11) is 1.78. The Kier molecular flexibility index (Phi) is 3.11. The Balaban J connectivity index is 1.44. The van der Waals surface area contributed by atoms with Crippen LogP contribution in [-0.4, -0.2) is 53.1 Å². The van der Waals surface area contributed by atoms with Crippen molar-refractivity contribution in [1.29, 1.82) is 0 Å². The Morgan fingerprint density at radius 3 is 2.89 bits per heavy atom. The molecule has 19 heavy (non-hydrogen) atoms. The number of likely N-dealkylation sites (N-methyl/N-ethyl adjacent to an activating group) is 1. The van der Waals surface area contributed by atoms with E-state index in [1.165, 1.54) is 0 Å². The van der Waals surface area contributed by atoms with Crippen molar-refractivity contribution in [2.45, 2.75) is 25.0 Å². The summed E-state index contributed by atoms with van der Waals surface area (Å²) >= 11 is 0. The van der Waals surface area contributed by atoms with E-state index in [4.69, 9.17) is 4.42 Å². The lowest BCUT2D eigenvalue weighted by atomic mass is 9.89. The van der Waals surface area contributed by atoms with E-state index in [0.717, 1.165) is 18.6 Å². The van der Waals surface area contributed by atoms with Crippen LogP contribution in [0.3, 0.4) is 0 Å². The van der Waals surface area contributed by atoms with Crippen LogP contribution in [0.15, 0.2) is 22.8 Å². The van der Waals surface area contributed by atoms with E-state index in [1.54, 1.807) is 18.2 Å². The quantitative estimate of drug-likeness (QED) is 0.850. The molecule has 104 valence electrons. The Labute approximate surface area is 112 Å². The molecule has 2 aliphatic rings. The van der Waals surface area contributed by atoms with Gasteiger partial charge in [0.1, 0.15) is 5.76 Å². The fourth-order valence-corrected chi connectivity index (χ4v) is 2.76. The van der Waals surface area contributed by atoms with Crippen LogP contribution in [-0.2, 0) is 11.3 Å². The molecule has 0 unspecified atom stereocenters. The van der Waals surface area contributed by atoms with E-state index in [-0.39, 0.29) is 5.91 Å². The fraction of sp³-hybridized carbons (Fsp3) is 0.643. The topological polar surface area (TPSA) is 56.9 Å². The fourth-order valence-electron chi connectivity index (χ4n) is 2.76. The second-order valence-electron chi connectivity index (χ2n) is 5.85. The van der Waals surface area contributed by atoms with E-state index in [9.17, 15) is 9.90 Å². The molecule has 5 heteroatoms. The molecule has 1 amide bonds. The maximum absolute atomic E-state index is 12.0. The molecule has 1 N–H and O–H groups in total. The van der Waals surface area contributed by atoms with Gasteiger partial charge in [-0.3, -0.25) is 9.69 Å². The Bertz CT molecular complexity index is 447. The number of β-amino-alcohol motifs (C(OH)–C–C–N with tert-alkyl or cyclic N) is 1. The Hall–Kier alpha value is -1.33. The van der Waals surface area contributed by atoms with Crippen molar-refractivity contribution in [3.05, 3.63) is 24.2 Å². The van der Waals surface area contributed by atoms with Crippen LogP contribution in [0.2, 0.25) is 0 Å². The molecule has 1 saturated carbocycles. The Morgan fingerprint density at radius 1 is 1.58 bits per heavy atom. The third-order valence-electron chi connectivity index (χ3n) is 4.09. The highest BCUT2D eigenvalue weighted by Crippen LogP contribution is 2.44. The maximum Gasteiger partial charge on any atom is 0.236 e. The van der Waals surface area contributed by atoms with Crippen LogP contribution in [0.4, 0.5) is 0 Å². The van der Waals surface area contributed by atoms with Crippen LogP contribution in [0.1, 0.15) is 18.6 Å². The van der Waals surface area contributed by atoms with Crippen molar-refractivity contribution in [3.8, 4) is 0 Å². The number of furan rings is 1. The van der Waals surface area contributed by atoms with Gasteiger partial charge in [0.15, 0.2) is 0 Å². The minimum Gasteiger partial charge on any atom is -0.467 e. The first-order valence-corrected chi connectivity index (χ1v) is 6.78. The van der Waals surface area contributed by atoms with Gasteiger partial charge in [0.2, 0.25) is 5.91 Å². The highest BCUT2D eigenvalue weighted by molar-refractivity contribution is 5.78. The van der Waals surface area contributed by atoms with E-state index in [2.05, 4.69) is 0 Å². The van der Waals surface area contributed by atoms with Crippen molar-refractivity contribution >= 4 is 5.91 Å². The summed E-state index contributed by atoms with van der Waals surface area (Å²) in [6, 6.07) is 3.68. The minimum absolute atomic E-state index is 0.0641. The van der Waals surface area contributed by atoms with Gasteiger partial charge < -0.3 is 14.4 Å². The zero-order chi connectivity index (χ0) is 13.5. The van der Waals surface area contributed by atoms with Gasteiger partial charge in [0.05, 0.1) is 25.0 Å². The third kappa shape index (κ3) is 2.67. The lowest BCUT2D eigenvalue weighted by molar-refractivity contribution is -0.144. The third-order valence-corrected chi connectivity index (χ3v) is 4.09. The second kappa shape index (κ2) is 4.65. The first kappa shape index (κ1) is 12.7. The molecule has 0 atom stereocenters. The first-order valence-electron chi connectivity index (χ1n) is 6.78. The number of carbonyl (C=O) groups is 1. The van der Waals surface area contributed by atoms with Gasteiger partial charge in [-0.25, -0.2) is 0 Å². The Morgan fingerprint density at radius 2 is 2.32 bits per heavy atom. The standard InChI is InChI=1S/C14H20N2O3/c1-15(7-12-3-2-6-19-12)13(17)8-16-9-14(18,10-16)11-4-5-11/h2-3,6,11,18H,4-5,7-10H2,1H3. The summed E-state index contributed by atoms with van der Waals surface area (Å²) < 4.78 is 5.22. The van der Waals surface area contributed by atoms with Crippen molar-refractivity contribution in [2.75, 3.05) is 26.7 Å². The molecule has 1 saturated heterocycles. The van der Waals surface area contributed by atoms with E-state index in [0.29, 0.717) is 32.1 Å². The molecule has 2 fully saturated rings. The molecule has 1 aliphatic carbocycles. The molecule has 3 rings (SSSR count). The summed E-state index contributed by atoms with van der Waals surface area (Å²) in [4.78, 5) is 15.7. The number of hydrogen-bond acceptors (Lipinski definition) is 4. The lowest BCUT2D eigenvalue weighted by Crippen LogP contribution is -2.64. The monoisotopic (exact) mass is 264 g/mol. The maximum atomic E-state index is 12.0.